The number of aryl methyl sites for hydroxylation is 2. The highest BCUT2D eigenvalue weighted by molar-refractivity contribution is 6.22. The molecule has 5 nitrogen and oxygen atoms in total. The third kappa shape index (κ3) is 1.82. The Morgan fingerprint density at radius 2 is 1.70 bits per heavy atom. The number of carbonyl (C=O) groups is 2. The van der Waals surface area contributed by atoms with Gasteiger partial charge in [0.25, 0.3) is 11.8 Å². The van der Waals surface area contributed by atoms with Crippen molar-refractivity contribution in [3.8, 4) is 0 Å². The van der Waals surface area contributed by atoms with Crippen molar-refractivity contribution in [1.29, 1.82) is 0 Å². The first kappa shape index (κ1) is 12.6. The van der Waals surface area contributed by atoms with Gasteiger partial charge < -0.3 is 4.98 Å². The van der Waals surface area contributed by atoms with Gasteiger partial charge in [0, 0.05) is 24.9 Å². The van der Waals surface area contributed by atoms with E-state index in [-0.39, 0.29) is 11.8 Å². The summed E-state index contributed by atoms with van der Waals surface area (Å²) in [6.07, 6.45) is 3.88. The van der Waals surface area contributed by atoms with E-state index in [0.717, 1.165) is 16.8 Å². The predicted octanol–water partition coefficient (Wildman–Crippen LogP) is 1.87. The Balaban J connectivity index is 1.89. The van der Waals surface area contributed by atoms with Gasteiger partial charge in [0.2, 0.25) is 0 Å². The van der Waals surface area contributed by atoms with E-state index in [9.17, 15) is 9.59 Å². The zero-order valence-electron chi connectivity index (χ0n) is 11.4. The van der Waals surface area contributed by atoms with Gasteiger partial charge in [-0.25, -0.2) is 4.98 Å². The molecule has 0 atom stereocenters. The van der Waals surface area contributed by atoms with Crippen LogP contribution in [0.15, 0.2) is 24.7 Å². The van der Waals surface area contributed by atoms with Crippen LogP contribution >= 0.6 is 0 Å². The zero-order valence-corrected chi connectivity index (χ0v) is 11.4. The minimum atomic E-state index is -0.189. The summed E-state index contributed by atoms with van der Waals surface area (Å²) in [5.41, 5.74) is 3.73. The monoisotopic (exact) mass is 269 g/mol. The molecule has 0 radical (unpaired) electrons. The van der Waals surface area contributed by atoms with Crippen LogP contribution in [0.1, 0.15) is 37.5 Å². The molecule has 0 saturated carbocycles. The van der Waals surface area contributed by atoms with E-state index in [2.05, 4.69) is 9.97 Å². The molecule has 0 unspecified atom stereocenters. The summed E-state index contributed by atoms with van der Waals surface area (Å²) >= 11 is 0. The third-order valence-corrected chi connectivity index (χ3v) is 3.70. The standard InChI is InChI=1S/C15H15N3O2/c1-9-3-4-10(2)13-12(9)14(19)18(15(13)20)6-5-11-7-16-8-17-11/h3-4,7-8H,5-6H2,1-2H3,(H,16,17). The maximum atomic E-state index is 12.4. The topological polar surface area (TPSA) is 66.1 Å². The van der Waals surface area contributed by atoms with Gasteiger partial charge in [-0.15, -0.1) is 0 Å². The molecule has 1 aromatic carbocycles. The zero-order chi connectivity index (χ0) is 14.3. The molecule has 0 aliphatic carbocycles. The van der Waals surface area contributed by atoms with Gasteiger partial charge in [-0.2, -0.15) is 0 Å². The average molecular weight is 269 g/mol. The van der Waals surface area contributed by atoms with Crippen LogP contribution in [0.25, 0.3) is 0 Å². The van der Waals surface area contributed by atoms with Crippen molar-refractivity contribution in [2.75, 3.05) is 6.54 Å². The number of rotatable bonds is 3. The Bertz CT molecular complexity index is 648. The third-order valence-electron chi connectivity index (χ3n) is 3.70. The van der Waals surface area contributed by atoms with Crippen molar-refractivity contribution >= 4 is 11.8 Å². The normalized spacial score (nSPS) is 14.0. The lowest BCUT2D eigenvalue weighted by Crippen LogP contribution is -2.32. The first-order chi connectivity index (χ1) is 9.59. The molecule has 5 heteroatoms. The number of H-pyrrole nitrogens is 1. The predicted molar refractivity (Wildman–Crippen MR) is 73.6 cm³/mol. The summed E-state index contributed by atoms with van der Waals surface area (Å²) in [4.78, 5) is 33.1. The van der Waals surface area contributed by atoms with E-state index >= 15 is 0 Å². The van der Waals surface area contributed by atoms with Gasteiger partial charge in [0.1, 0.15) is 0 Å². The van der Waals surface area contributed by atoms with Crippen LogP contribution < -0.4 is 0 Å². The number of fused-ring (bicyclic) bond motifs is 1. The minimum Gasteiger partial charge on any atom is -0.348 e. The number of amides is 2. The first-order valence-corrected chi connectivity index (χ1v) is 6.53. The van der Waals surface area contributed by atoms with Crippen LogP contribution in [0.5, 0.6) is 0 Å². The number of carbonyl (C=O) groups excluding carboxylic acids is 2. The molecule has 2 heterocycles. The van der Waals surface area contributed by atoms with Crippen LogP contribution in [0.4, 0.5) is 0 Å². The average Bonchev–Trinajstić information content (AvgIpc) is 3.01. The van der Waals surface area contributed by atoms with E-state index in [1.165, 1.54) is 4.90 Å². The second kappa shape index (κ2) is 4.59. The molecule has 2 amide bonds. The number of imide groups is 1. The summed E-state index contributed by atoms with van der Waals surface area (Å²) < 4.78 is 0. The summed E-state index contributed by atoms with van der Waals surface area (Å²) in [6, 6.07) is 3.77. The Labute approximate surface area is 116 Å². The number of hydrogen-bond donors (Lipinski definition) is 1. The van der Waals surface area contributed by atoms with E-state index in [1.54, 1.807) is 12.5 Å². The van der Waals surface area contributed by atoms with Crippen LogP contribution in [-0.4, -0.2) is 33.2 Å². The largest absolute Gasteiger partial charge is 0.348 e. The Hall–Kier alpha value is -2.43. The maximum Gasteiger partial charge on any atom is 0.261 e. The number of nitrogens with one attached hydrogen (secondary N) is 1. The van der Waals surface area contributed by atoms with E-state index < -0.39 is 0 Å². The van der Waals surface area contributed by atoms with Crippen molar-refractivity contribution in [2.45, 2.75) is 20.3 Å². The molecule has 2 aromatic rings. The van der Waals surface area contributed by atoms with Crippen molar-refractivity contribution in [1.82, 2.24) is 14.9 Å². The molecule has 20 heavy (non-hydrogen) atoms. The molecule has 0 bridgehead atoms. The molecule has 0 spiro atoms. The first-order valence-electron chi connectivity index (χ1n) is 6.53. The number of benzene rings is 1. The van der Waals surface area contributed by atoms with Crippen LogP contribution in [-0.2, 0) is 6.42 Å². The fraction of sp³-hybridized carbons (Fsp3) is 0.267. The van der Waals surface area contributed by atoms with E-state index in [1.807, 2.05) is 26.0 Å². The SMILES string of the molecule is Cc1ccc(C)c2c1C(=O)N(CCc1cnc[nH]1)C2=O. The molecule has 1 aliphatic rings. The molecule has 1 aromatic heterocycles. The van der Waals surface area contributed by atoms with Crippen molar-refractivity contribution in [3.63, 3.8) is 0 Å². The van der Waals surface area contributed by atoms with Gasteiger partial charge in [0.05, 0.1) is 17.5 Å². The molecular weight excluding hydrogens is 254 g/mol. The molecule has 102 valence electrons. The minimum absolute atomic E-state index is 0.189. The van der Waals surface area contributed by atoms with Crippen molar-refractivity contribution in [3.05, 3.63) is 52.6 Å². The summed E-state index contributed by atoms with van der Waals surface area (Å²) in [5, 5.41) is 0. The van der Waals surface area contributed by atoms with E-state index in [0.29, 0.717) is 24.1 Å². The Morgan fingerprint density at radius 1 is 1.10 bits per heavy atom. The summed E-state index contributed by atoms with van der Waals surface area (Å²) in [5.74, 6) is -0.378. The van der Waals surface area contributed by atoms with Gasteiger partial charge in [-0.1, -0.05) is 12.1 Å². The smallest absolute Gasteiger partial charge is 0.261 e. The van der Waals surface area contributed by atoms with Crippen LogP contribution in [0.3, 0.4) is 0 Å². The highest BCUT2D eigenvalue weighted by Gasteiger charge is 2.37. The molecular formula is C15H15N3O2. The molecule has 0 fully saturated rings. The molecule has 1 aliphatic heterocycles. The number of nitrogens with zero attached hydrogens (tertiary/aromatic N) is 2. The second-order valence-electron chi connectivity index (χ2n) is 5.04. The van der Waals surface area contributed by atoms with E-state index in [4.69, 9.17) is 0 Å². The quantitative estimate of drug-likeness (QED) is 0.865. The lowest BCUT2D eigenvalue weighted by molar-refractivity contribution is 0.0655. The maximum absolute atomic E-state index is 12.4. The number of aromatic nitrogens is 2. The van der Waals surface area contributed by atoms with Crippen molar-refractivity contribution in [2.24, 2.45) is 0 Å². The Kier molecular flexibility index (Phi) is 2.89. The van der Waals surface area contributed by atoms with Gasteiger partial charge in [-0.05, 0) is 25.0 Å². The summed E-state index contributed by atoms with van der Waals surface area (Å²) in [6.45, 7) is 4.09. The number of hydrogen-bond acceptors (Lipinski definition) is 3. The lowest BCUT2D eigenvalue weighted by Gasteiger charge is -2.12. The van der Waals surface area contributed by atoms with Crippen LogP contribution in [0.2, 0.25) is 0 Å². The second-order valence-corrected chi connectivity index (χ2v) is 5.04. The fourth-order valence-electron chi connectivity index (χ4n) is 2.58. The lowest BCUT2D eigenvalue weighted by atomic mass is 9.99. The van der Waals surface area contributed by atoms with Crippen molar-refractivity contribution < 1.29 is 9.59 Å². The Morgan fingerprint density at radius 3 is 2.20 bits per heavy atom. The number of aromatic amines is 1. The highest BCUT2D eigenvalue weighted by Crippen LogP contribution is 2.28. The van der Waals surface area contributed by atoms with Gasteiger partial charge in [-0.3, -0.25) is 14.5 Å². The van der Waals surface area contributed by atoms with Crippen LogP contribution in [0, 0.1) is 13.8 Å². The summed E-state index contributed by atoms with van der Waals surface area (Å²) in [7, 11) is 0. The molecule has 1 N–H and O–H groups in total. The number of imidazole rings is 1. The molecule has 3 rings (SSSR count). The molecule has 0 saturated heterocycles. The fourth-order valence-corrected chi connectivity index (χ4v) is 2.58. The van der Waals surface area contributed by atoms with Gasteiger partial charge in [0.15, 0.2) is 0 Å². The van der Waals surface area contributed by atoms with Gasteiger partial charge >= 0.3 is 0 Å². The highest BCUT2D eigenvalue weighted by atomic mass is 16.2.